The van der Waals surface area contributed by atoms with Gasteiger partial charge in [0.1, 0.15) is 0 Å². The van der Waals surface area contributed by atoms with Gasteiger partial charge in [-0.05, 0) is 35.7 Å². The Morgan fingerprint density at radius 3 is 2.69 bits per heavy atom. The summed E-state index contributed by atoms with van der Waals surface area (Å²) in [4.78, 5) is 0. The second-order valence-electron chi connectivity index (χ2n) is 3.82. The van der Waals surface area contributed by atoms with E-state index in [1.807, 2.05) is 30.3 Å². The SMILES string of the molecule is OC(Cc1ccoc1)Cc1cccc(Cl)c1. The molecule has 1 N–H and O–H groups in total. The van der Waals surface area contributed by atoms with Crippen LogP contribution in [0.15, 0.2) is 47.3 Å². The van der Waals surface area contributed by atoms with Crippen LogP contribution in [0, 0.1) is 0 Å². The second kappa shape index (κ2) is 5.19. The van der Waals surface area contributed by atoms with E-state index in [9.17, 15) is 5.11 Å². The molecule has 1 heterocycles. The van der Waals surface area contributed by atoms with E-state index in [-0.39, 0.29) is 0 Å². The number of hydrogen-bond donors (Lipinski definition) is 1. The fourth-order valence-corrected chi connectivity index (χ4v) is 1.90. The normalized spacial score (nSPS) is 12.6. The van der Waals surface area contributed by atoms with Gasteiger partial charge in [0, 0.05) is 11.4 Å². The highest BCUT2D eigenvalue weighted by Gasteiger charge is 2.07. The number of furan rings is 1. The molecule has 2 nitrogen and oxygen atoms in total. The average molecular weight is 237 g/mol. The number of hydrogen-bond acceptors (Lipinski definition) is 2. The number of benzene rings is 1. The third kappa shape index (κ3) is 3.12. The van der Waals surface area contributed by atoms with Crippen LogP contribution in [0.4, 0.5) is 0 Å². The largest absolute Gasteiger partial charge is 0.472 e. The van der Waals surface area contributed by atoms with Gasteiger partial charge in [-0.1, -0.05) is 23.7 Å². The summed E-state index contributed by atoms with van der Waals surface area (Å²) in [5, 5.41) is 10.6. The van der Waals surface area contributed by atoms with Crippen molar-refractivity contribution in [2.45, 2.75) is 18.9 Å². The standard InChI is InChI=1S/C13H13ClO2/c14-12-3-1-2-10(6-12)7-13(15)8-11-4-5-16-9-11/h1-6,9,13,15H,7-8H2. The Labute approximate surface area is 99.5 Å². The van der Waals surface area contributed by atoms with Crippen molar-refractivity contribution in [3.8, 4) is 0 Å². The van der Waals surface area contributed by atoms with Gasteiger partial charge >= 0.3 is 0 Å². The molecule has 0 aliphatic rings. The first kappa shape index (κ1) is 11.2. The highest BCUT2D eigenvalue weighted by atomic mass is 35.5. The molecule has 0 radical (unpaired) electrons. The van der Waals surface area contributed by atoms with Crippen molar-refractivity contribution in [1.29, 1.82) is 0 Å². The highest BCUT2D eigenvalue weighted by molar-refractivity contribution is 6.30. The average Bonchev–Trinajstić information content (AvgIpc) is 2.70. The maximum Gasteiger partial charge on any atom is 0.0935 e. The molecular weight excluding hydrogens is 224 g/mol. The molecule has 0 aliphatic heterocycles. The first-order valence-electron chi connectivity index (χ1n) is 5.17. The lowest BCUT2D eigenvalue weighted by atomic mass is 10.0. The molecule has 0 amide bonds. The van der Waals surface area contributed by atoms with E-state index in [1.54, 1.807) is 12.5 Å². The molecule has 84 valence electrons. The number of aliphatic hydroxyl groups excluding tert-OH is 1. The summed E-state index contributed by atoms with van der Waals surface area (Å²) in [7, 11) is 0. The number of aliphatic hydroxyl groups is 1. The second-order valence-corrected chi connectivity index (χ2v) is 4.26. The Hall–Kier alpha value is -1.25. The molecule has 0 saturated carbocycles. The van der Waals surface area contributed by atoms with Gasteiger partial charge in [-0.2, -0.15) is 0 Å². The van der Waals surface area contributed by atoms with Crippen LogP contribution in [-0.2, 0) is 12.8 Å². The molecule has 0 fully saturated rings. The zero-order chi connectivity index (χ0) is 11.4. The lowest BCUT2D eigenvalue weighted by Crippen LogP contribution is -2.13. The van der Waals surface area contributed by atoms with Crippen molar-refractivity contribution in [3.63, 3.8) is 0 Å². The van der Waals surface area contributed by atoms with Crippen molar-refractivity contribution >= 4 is 11.6 Å². The van der Waals surface area contributed by atoms with Crippen molar-refractivity contribution in [3.05, 3.63) is 59.0 Å². The van der Waals surface area contributed by atoms with Gasteiger partial charge in [-0.25, -0.2) is 0 Å². The molecule has 16 heavy (non-hydrogen) atoms. The van der Waals surface area contributed by atoms with Crippen molar-refractivity contribution in [2.75, 3.05) is 0 Å². The van der Waals surface area contributed by atoms with Crippen LogP contribution in [0.3, 0.4) is 0 Å². The zero-order valence-corrected chi connectivity index (χ0v) is 9.52. The molecule has 1 atom stereocenters. The van der Waals surface area contributed by atoms with E-state index in [0.29, 0.717) is 17.9 Å². The Morgan fingerprint density at radius 1 is 1.19 bits per heavy atom. The molecular formula is C13H13ClO2. The lowest BCUT2D eigenvalue weighted by molar-refractivity contribution is 0.175. The zero-order valence-electron chi connectivity index (χ0n) is 8.77. The third-order valence-corrected chi connectivity index (χ3v) is 2.65. The van der Waals surface area contributed by atoms with Crippen molar-refractivity contribution < 1.29 is 9.52 Å². The molecule has 0 aliphatic carbocycles. The van der Waals surface area contributed by atoms with E-state index < -0.39 is 6.10 Å². The van der Waals surface area contributed by atoms with Gasteiger partial charge in [0.05, 0.1) is 18.6 Å². The predicted octanol–water partition coefficient (Wildman–Crippen LogP) is 3.08. The van der Waals surface area contributed by atoms with Gasteiger partial charge in [0.25, 0.3) is 0 Å². The van der Waals surface area contributed by atoms with Crippen LogP contribution in [0.1, 0.15) is 11.1 Å². The molecule has 2 rings (SSSR count). The summed E-state index contributed by atoms with van der Waals surface area (Å²) < 4.78 is 4.95. The van der Waals surface area contributed by atoms with Crippen LogP contribution in [0.25, 0.3) is 0 Å². The Bertz CT molecular complexity index is 437. The van der Waals surface area contributed by atoms with E-state index in [2.05, 4.69) is 0 Å². The van der Waals surface area contributed by atoms with Gasteiger partial charge in [-0.3, -0.25) is 0 Å². The first-order chi connectivity index (χ1) is 7.74. The van der Waals surface area contributed by atoms with Crippen LogP contribution in [0.2, 0.25) is 5.02 Å². The summed E-state index contributed by atoms with van der Waals surface area (Å²) >= 11 is 5.87. The van der Waals surface area contributed by atoms with Crippen LogP contribution >= 0.6 is 11.6 Å². The fraction of sp³-hybridized carbons (Fsp3) is 0.231. The molecule has 1 aromatic carbocycles. The van der Waals surface area contributed by atoms with Gasteiger partial charge in [0.2, 0.25) is 0 Å². The highest BCUT2D eigenvalue weighted by Crippen LogP contribution is 2.14. The van der Waals surface area contributed by atoms with Gasteiger partial charge in [0.15, 0.2) is 0 Å². The minimum absolute atomic E-state index is 0.406. The number of rotatable bonds is 4. The summed E-state index contributed by atoms with van der Waals surface area (Å²) in [6.45, 7) is 0. The third-order valence-electron chi connectivity index (χ3n) is 2.41. The number of halogens is 1. The quantitative estimate of drug-likeness (QED) is 0.885. The smallest absolute Gasteiger partial charge is 0.0935 e. The summed E-state index contributed by atoms with van der Waals surface area (Å²) in [6, 6.07) is 9.42. The molecule has 0 saturated heterocycles. The molecule has 1 unspecified atom stereocenters. The lowest BCUT2D eigenvalue weighted by Gasteiger charge is -2.09. The van der Waals surface area contributed by atoms with Crippen LogP contribution in [0.5, 0.6) is 0 Å². The maximum absolute atomic E-state index is 9.88. The van der Waals surface area contributed by atoms with E-state index in [4.69, 9.17) is 16.0 Å². The Kier molecular flexibility index (Phi) is 3.65. The van der Waals surface area contributed by atoms with Crippen molar-refractivity contribution in [2.24, 2.45) is 0 Å². The van der Waals surface area contributed by atoms with E-state index in [0.717, 1.165) is 11.1 Å². The molecule has 0 spiro atoms. The predicted molar refractivity (Wildman–Crippen MR) is 63.6 cm³/mol. The van der Waals surface area contributed by atoms with E-state index in [1.165, 1.54) is 0 Å². The molecule has 3 heteroatoms. The Morgan fingerprint density at radius 2 is 2.00 bits per heavy atom. The monoisotopic (exact) mass is 236 g/mol. The van der Waals surface area contributed by atoms with Gasteiger partial charge < -0.3 is 9.52 Å². The Balaban J connectivity index is 1.94. The van der Waals surface area contributed by atoms with Gasteiger partial charge in [-0.15, -0.1) is 0 Å². The topological polar surface area (TPSA) is 33.4 Å². The fourth-order valence-electron chi connectivity index (χ4n) is 1.69. The maximum atomic E-state index is 9.88. The molecule has 0 bridgehead atoms. The molecule has 2 aromatic rings. The van der Waals surface area contributed by atoms with Crippen LogP contribution in [-0.4, -0.2) is 11.2 Å². The first-order valence-corrected chi connectivity index (χ1v) is 5.55. The summed E-state index contributed by atoms with van der Waals surface area (Å²) in [5.41, 5.74) is 2.05. The molecule has 1 aromatic heterocycles. The van der Waals surface area contributed by atoms with Crippen molar-refractivity contribution in [1.82, 2.24) is 0 Å². The van der Waals surface area contributed by atoms with E-state index >= 15 is 0 Å². The summed E-state index contributed by atoms with van der Waals surface area (Å²) in [6.07, 6.45) is 4.06. The minimum Gasteiger partial charge on any atom is -0.472 e. The summed E-state index contributed by atoms with van der Waals surface area (Å²) in [5.74, 6) is 0. The minimum atomic E-state index is -0.406. The van der Waals surface area contributed by atoms with Crippen LogP contribution < -0.4 is 0 Å².